The summed E-state index contributed by atoms with van der Waals surface area (Å²) in [7, 11) is -3.50. The summed E-state index contributed by atoms with van der Waals surface area (Å²) in [5.41, 5.74) is 0. The van der Waals surface area contributed by atoms with Crippen LogP contribution in [0.15, 0.2) is 41.3 Å². The Balaban J connectivity index is 1.59. The molecule has 0 unspecified atom stereocenters. The maximum atomic E-state index is 13.2. The minimum Gasteiger partial charge on any atom is -0.300 e. The van der Waals surface area contributed by atoms with Gasteiger partial charge in [0.1, 0.15) is 0 Å². The number of fused-ring (bicyclic) bond motifs is 1. The monoisotopic (exact) mass is 378 g/mol. The van der Waals surface area contributed by atoms with E-state index in [9.17, 15) is 8.42 Å². The Kier molecular flexibility index (Phi) is 4.75. The molecule has 0 aliphatic carbocycles. The molecule has 2 aromatic rings. The summed E-state index contributed by atoms with van der Waals surface area (Å²) in [4.78, 5) is 2.90. The zero-order valence-corrected chi connectivity index (χ0v) is 15.8. The zero-order valence-electron chi connectivity index (χ0n) is 14.2. The Hall–Kier alpha value is -1.14. The van der Waals surface area contributed by atoms with Gasteiger partial charge in [-0.25, -0.2) is 8.42 Å². The van der Waals surface area contributed by atoms with Gasteiger partial charge in [-0.1, -0.05) is 35.9 Å². The molecular formula is C19H23ClN2O2S. The highest BCUT2D eigenvalue weighted by Crippen LogP contribution is 2.32. The van der Waals surface area contributed by atoms with E-state index in [0.29, 0.717) is 34.4 Å². The highest BCUT2D eigenvalue weighted by molar-refractivity contribution is 7.89. The molecule has 0 atom stereocenters. The van der Waals surface area contributed by atoms with Crippen LogP contribution in [0.4, 0.5) is 0 Å². The Morgan fingerprint density at radius 2 is 1.52 bits per heavy atom. The van der Waals surface area contributed by atoms with Gasteiger partial charge in [-0.2, -0.15) is 4.31 Å². The number of sulfonamides is 1. The number of piperidine rings is 1. The van der Waals surface area contributed by atoms with Gasteiger partial charge in [0.25, 0.3) is 0 Å². The largest absolute Gasteiger partial charge is 0.300 e. The van der Waals surface area contributed by atoms with E-state index in [2.05, 4.69) is 4.90 Å². The molecule has 4 rings (SSSR count). The number of halogens is 1. The van der Waals surface area contributed by atoms with Crippen molar-refractivity contribution in [2.75, 3.05) is 26.2 Å². The van der Waals surface area contributed by atoms with Crippen molar-refractivity contribution in [2.24, 2.45) is 0 Å². The van der Waals surface area contributed by atoms with Crippen molar-refractivity contribution in [3.8, 4) is 0 Å². The normalized spacial score (nSPS) is 21.2. The Labute approximate surface area is 154 Å². The number of nitrogens with zero attached hydrogens (tertiary/aromatic N) is 2. The van der Waals surface area contributed by atoms with Crippen LogP contribution in [0.5, 0.6) is 0 Å². The first kappa shape index (κ1) is 17.3. The lowest BCUT2D eigenvalue weighted by Gasteiger charge is -2.36. The van der Waals surface area contributed by atoms with Crippen molar-refractivity contribution in [1.82, 2.24) is 9.21 Å². The fraction of sp³-hybridized carbons (Fsp3) is 0.474. The molecule has 0 radical (unpaired) electrons. The summed E-state index contributed by atoms with van der Waals surface area (Å²) in [6, 6.07) is 11.3. The first-order valence-electron chi connectivity index (χ1n) is 8.99. The maximum absolute atomic E-state index is 13.2. The van der Waals surface area contributed by atoms with E-state index < -0.39 is 10.0 Å². The van der Waals surface area contributed by atoms with E-state index in [1.165, 1.54) is 25.9 Å². The molecule has 2 saturated heterocycles. The third kappa shape index (κ3) is 3.19. The second kappa shape index (κ2) is 6.88. The van der Waals surface area contributed by atoms with Gasteiger partial charge in [-0.05, 0) is 50.9 Å². The van der Waals surface area contributed by atoms with Crippen molar-refractivity contribution < 1.29 is 8.42 Å². The molecule has 2 fully saturated rings. The average Bonchev–Trinajstić information content (AvgIpc) is 3.16. The van der Waals surface area contributed by atoms with Gasteiger partial charge in [0.15, 0.2) is 0 Å². The van der Waals surface area contributed by atoms with Crippen LogP contribution in [0.1, 0.15) is 25.7 Å². The van der Waals surface area contributed by atoms with E-state index in [-0.39, 0.29) is 0 Å². The number of likely N-dealkylation sites (tertiary alicyclic amines) is 1. The molecule has 2 heterocycles. The molecular weight excluding hydrogens is 356 g/mol. The molecule has 0 N–H and O–H groups in total. The molecule has 0 amide bonds. The van der Waals surface area contributed by atoms with Crippen molar-refractivity contribution in [3.05, 3.63) is 41.4 Å². The van der Waals surface area contributed by atoms with Crippen molar-refractivity contribution in [2.45, 2.75) is 36.6 Å². The molecule has 0 spiro atoms. The standard InChI is InChI=1S/C19H23ClN2O2S/c20-18-7-3-6-17-16(18)5-4-8-19(17)25(23,24)22-13-9-15(10-14-22)21-11-1-2-12-21/h3-8,15H,1-2,9-14H2. The predicted molar refractivity (Wildman–Crippen MR) is 102 cm³/mol. The highest BCUT2D eigenvalue weighted by Gasteiger charge is 2.33. The third-order valence-corrected chi connectivity index (χ3v) is 7.81. The summed E-state index contributed by atoms with van der Waals surface area (Å²) in [6.07, 6.45) is 4.39. The van der Waals surface area contributed by atoms with Crippen LogP contribution in [-0.2, 0) is 10.0 Å². The van der Waals surface area contributed by atoms with Gasteiger partial charge >= 0.3 is 0 Å². The second-order valence-electron chi connectivity index (χ2n) is 6.97. The van der Waals surface area contributed by atoms with Gasteiger partial charge < -0.3 is 4.90 Å². The molecule has 0 bridgehead atoms. The van der Waals surface area contributed by atoms with E-state index >= 15 is 0 Å². The van der Waals surface area contributed by atoms with Gasteiger partial charge in [0.2, 0.25) is 10.0 Å². The summed E-state index contributed by atoms with van der Waals surface area (Å²) >= 11 is 6.24. The zero-order chi connectivity index (χ0) is 17.4. The maximum Gasteiger partial charge on any atom is 0.243 e. The number of benzene rings is 2. The Bertz CT molecular complexity index is 870. The molecule has 25 heavy (non-hydrogen) atoms. The Morgan fingerprint density at radius 1 is 0.880 bits per heavy atom. The fourth-order valence-electron chi connectivity index (χ4n) is 4.16. The van der Waals surface area contributed by atoms with Gasteiger partial charge in [-0.15, -0.1) is 0 Å². The minimum atomic E-state index is -3.50. The van der Waals surface area contributed by atoms with E-state index in [1.54, 1.807) is 22.5 Å². The molecule has 4 nitrogen and oxygen atoms in total. The smallest absolute Gasteiger partial charge is 0.243 e. The number of hydrogen-bond donors (Lipinski definition) is 0. The number of rotatable bonds is 3. The summed E-state index contributed by atoms with van der Waals surface area (Å²) in [5, 5.41) is 2.08. The predicted octanol–water partition coefficient (Wildman–Crippen LogP) is 3.74. The van der Waals surface area contributed by atoms with Crippen LogP contribution >= 0.6 is 11.6 Å². The lowest BCUT2D eigenvalue weighted by molar-refractivity contribution is 0.168. The molecule has 0 saturated carbocycles. The van der Waals surface area contributed by atoms with Crippen LogP contribution in [0, 0.1) is 0 Å². The molecule has 6 heteroatoms. The quantitative estimate of drug-likeness (QED) is 0.816. The first-order chi connectivity index (χ1) is 12.1. The summed E-state index contributed by atoms with van der Waals surface area (Å²) in [5.74, 6) is 0. The van der Waals surface area contributed by atoms with Crippen molar-refractivity contribution in [3.63, 3.8) is 0 Å². The Morgan fingerprint density at radius 3 is 2.24 bits per heavy atom. The summed E-state index contributed by atoms with van der Waals surface area (Å²) in [6.45, 7) is 3.53. The van der Waals surface area contributed by atoms with Crippen LogP contribution in [0.3, 0.4) is 0 Å². The van der Waals surface area contributed by atoms with E-state index in [1.807, 2.05) is 18.2 Å². The van der Waals surface area contributed by atoms with Gasteiger partial charge in [-0.3, -0.25) is 0 Å². The summed E-state index contributed by atoms with van der Waals surface area (Å²) < 4.78 is 28.1. The minimum absolute atomic E-state index is 0.368. The number of hydrogen-bond acceptors (Lipinski definition) is 3. The molecule has 2 aliphatic rings. The first-order valence-corrected chi connectivity index (χ1v) is 10.8. The lowest BCUT2D eigenvalue weighted by Crippen LogP contribution is -2.45. The second-order valence-corrected chi connectivity index (χ2v) is 9.28. The third-order valence-electron chi connectivity index (χ3n) is 5.53. The average molecular weight is 379 g/mol. The SMILES string of the molecule is O=S(=O)(c1cccc2c(Cl)cccc12)N1CCC(N2CCCC2)CC1. The van der Waals surface area contributed by atoms with Crippen molar-refractivity contribution in [1.29, 1.82) is 0 Å². The lowest BCUT2D eigenvalue weighted by atomic mass is 10.1. The highest BCUT2D eigenvalue weighted by atomic mass is 35.5. The molecule has 134 valence electrons. The van der Waals surface area contributed by atoms with Crippen LogP contribution < -0.4 is 0 Å². The fourth-order valence-corrected chi connectivity index (χ4v) is 6.07. The molecule has 0 aromatic heterocycles. The van der Waals surface area contributed by atoms with E-state index in [0.717, 1.165) is 18.2 Å². The molecule has 2 aliphatic heterocycles. The van der Waals surface area contributed by atoms with Gasteiger partial charge in [0, 0.05) is 34.9 Å². The van der Waals surface area contributed by atoms with Crippen molar-refractivity contribution >= 4 is 32.4 Å². The van der Waals surface area contributed by atoms with Gasteiger partial charge in [0.05, 0.1) is 4.90 Å². The molecule has 2 aromatic carbocycles. The van der Waals surface area contributed by atoms with Crippen LogP contribution in [0.2, 0.25) is 5.02 Å². The van der Waals surface area contributed by atoms with Crippen LogP contribution in [-0.4, -0.2) is 49.8 Å². The van der Waals surface area contributed by atoms with Crippen LogP contribution in [0.25, 0.3) is 10.8 Å². The van der Waals surface area contributed by atoms with E-state index in [4.69, 9.17) is 11.6 Å². The topological polar surface area (TPSA) is 40.6 Å².